The molecule has 110 valence electrons. The molecule has 0 aliphatic carbocycles. The van der Waals surface area contributed by atoms with Crippen LogP contribution in [-0.2, 0) is 16.1 Å². The number of carbonyl (C=O) groups excluding carboxylic acids is 1. The Morgan fingerprint density at radius 1 is 1.33 bits per heavy atom. The SMILES string of the molecule is CCCCn1nnc(-c2ccccc2)c1/C=C/C(=O)OC. The van der Waals surface area contributed by atoms with Gasteiger partial charge >= 0.3 is 5.97 Å². The van der Waals surface area contributed by atoms with Gasteiger partial charge in [-0.1, -0.05) is 48.9 Å². The smallest absolute Gasteiger partial charge is 0.330 e. The molecule has 0 amide bonds. The first kappa shape index (κ1) is 15.0. The number of methoxy groups -OCH3 is 1. The van der Waals surface area contributed by atoms with Gasteiger partial charge in [0.25, 0.3) is 0 Å². The zero-order chi connectivity index (χ0) is 15.1. The van der Waals surface area contributed by atoms with Crippen molar-refractivity contribution in [3.63, 3.8) is 0 Å². The summed E-state index contributed by atoms with van der Waals surface area (Å²) in [7, 11) is 1.36. The summed E-state index contributed by atoms with van der Waals surface area (Å²) < 4.78 is 6.46. The number of hydrogen-bond donors (Lipinski definition) is 0. The maximum Gasteiger partial charge on any atom is 0.330 e. The standard InChI is InChI=1S/C16H19N3O2/c1-3-4-12-19-14(10-11-15(20)21-2)16(17-18-19)13-8-6-5-7-9-13/h5-11H,3-4,12H2,1-2H3/b11-10+. The lowest BCUT2D eigenvalue weighted by Crippen LogP contribution is -2.03. The van der Waals surface area contributed by atoms with Crippen LogP contribution in [0.15, 0.2) is 36.4 Å². The molecule has 0 aliphatic rings. The first-order chi connectivity index (χ1) is 10.3. The predicted octanol–water partition coefficient (Wildman–Crippen LogP) is 2.93. The number of unbranched alkanes of at least 4 members (excludes halogenated alkanes) is 1. The van der Waals surface area contributed by atoms with Crippen molar-refractivity contribution in [2.24, 2.45) is 0 Å². The summed E-state index contributed by atoms with van der Waals surface area (Å²) in [6, 6.07) is 9.81. The van der Waals surface area contributed by atoms with Crippen molar-refractivity contribution < 1.29 is 9.53 Å². The number of nitrogens with zero attached hydrogens (tertiary/aromatic N) is 3. The van der Waals surface area contributed by atoms with Crippen molar-refractivity contribution >= 4 is 12.0 Å². The van der Waals surface area contributed by atoms with Crippen LogP contribution in [-0.4, -0.2) is 28.1 Å². The number of aromatic nitrogens is 3. The van der Waals surface area contributed by atoms with Crippen LogP contribution < -0.4 is 0 Å². The minimum atomic E-state index is -0.391. The lowest BCUT2D eigenvalue weighted by molar-refractivity contribution is -0.134. The molecule has 0 N–H and O–H groups in total. The second kappa shape index (κ2) is 7.38. The van der Waals surface area contributed by atoms with Gasteiger partial charge in [0.05, 0.1) is 12.8 Å². The summed E-state index contributed by atoms with van der Waals surface area (Å²) in [5.74, 6) is -0.391. The highest BCUT2D eigenvalue weighted by Gasteiger charge is 2.12. The van der Waals surface area contributed by atoms with E-state index >= 15 is 0 Å². The highest BCUT2D eigenvalue weighted by Crippen LogP contribution is 2.22. The molecule has 2 rings (SSSR count). The third-order valence-corrected chi connectivity index (χ3v) is 3.12. The van der Waals surface area contributed by atoms with E-state index in [9.17, 15) is 4.79 Å². The number of ether oxygens (including phenoxy) is 1. The Morgan fingerprint density at radius 2 is 2.10 bits per heavy atom. The molecule has 0 unspecified atom stereocenters. The van der Waals surface area contributed by atoms with Crippen molar-refractivity contribution in [3.8, 4) is 11.3 Å². The van der Waals surface area contributed by atoms with E-state index in [4.69, 9.17) is 0 Å². The largest absolute Gasteiger partial charge is 0.466 e. The Bertz CT molecular complexity index is 618. The van der Waals surface area contributed by atoms with E-state index in [0.717, 1.165) is 36.3 Å². The molecule has 0 saturated heterocycles. The van der Waals surface area contributed by atoms with Gasteiger partial charge in [-0.05, 0) is 12.5 Å². The molecule has 0 bridgehead atoms. The molecule has 2 aromatic rings. The molecule has 5 nitrogen and oxygen atoms in total. The van der Waals surface area contributed by atoms with Crippen LogP contribution in [0, 0.1) is 0 Å². The number of benzene rings is 1. The van der Waals surface area contributed by atoms with Crippen molar-refractivity contribution in [3.05, 3.63) is 42.1 Å². The maximum atomic E-state index is 11.3. The molecule has 0 atom stereocenters. The van der Waals surface area contributed by atoms with E-state index < -0.39 is 5.97 Å². The third-order valence-electron chi connectivity index (χ3n) is 3.12. The fourth-order valence-corrected chi connectivity index (χ4v) is 1.98. The van der Waals surface area contributed by atoms with Crippen molar-refractivity contribution in [2.75, 3.05) is 7.11 Å². The van der Waals surface area contributed by atoms with Crippen LogP contribution in [0.25, 0.3) is 17.3 Å². The second-order valence-electron chi connectivity index (χ2n) is 4.62. The molecule has 1 aromatic heterocycles. The first-order valence-corrected chi connectivity index (χ1v) is 7.01. The average molecular weight is 285 g/mol. The minimum Gasteiger partial charge on any atom is -0.466 e. The van der Waals surface area contributed by atoms with Gasteiger partial charge in [0, 0.05) is 18.2 Å². The number of aryl methyl sites for hydroxylation is 1. The van der Waals surface area contributed by atoms with Gasteiger partial charge in [-0.2, -0.15) is 0 Å². The normalized spacial score (nSPS) is 11.0. The Kier molecular flexibility index (Phi) is 5.26. The van der Waals surface area contributed by atoms with Gasteiger partial charge in [-0.15, -0.1) is 5.10 Å². The quantitative estimate of drug-likeness (QED) is 0.605. The van der Waals surface area contributed by atoms with Crippen molar-refractivity contribution in [1.82, 2.24) is 15.0 Å². The number of esters is 1. The fraction of sp³-hybridized carbons (Fsp3) is 0.312. The summed E-state index contributed by atoms with van der Waals surface area (Å²) in [5, 5.41) is 8.45. The summed E-state index contributed by atoms with van der Waals surface area (Å²) in [6.45, 7) is 2.90. The van der Waals surface area contributed by atoms with E-state index in [-0.39, 0.29) is 0 Å². The Hall–Kier alpha value is -2.43. The van der Waals surface area contributed by atoms with Gasteiger partial charge < -0.3 is 4.74 Å². The van der Waals surface area contributed by atoms with Crippen LogP contribution in [0.3, 0.4) is 0 Å². The lowest BCUT2D eigenvalue weighted by Gasteiger charge is -2.03. The Morgan fingerprint density at radius 3 is 2.76 bits per heavy atom. The average Bonchev–Trinajstić information content (AvgIpc) is 2.94. The highest BCUT2D eigenvalue weighted by atomic mass is 16.5. The predicted molar refractivity (Wildman–Crippen MR) is 81.4 cm³/mol. The molecule has 0 saturated carbocycles. The van der Waals surface area contributed by atoms with Crippen LogP contribution in [0.4, 0.5) is 0 Å². The highest BCUT2D eigenvalue weighted by molar-refractivity contribution is 5.88. The third kappa shape index (κ3) is 3.78. The van der Waals surface area contributed by atoms with E-state index in [1.54, 1.807) is 6.08 Å². The van der Waals surface area contributed by atoms with Crippen LogP contribution >= 0.6 is 0 Å². The monoisotopic (exact) mass is 285 g/mol. The van der Waals surface area contributed by atoms with E-state index in [0.29, 0.717) is 0 Å². The van der Waals surface area contributed by atoms with Crippen LogP contribution in [0.2, 0.25) is 0 Å². The van der Waals surface area contributed by atoms with Crippen LogP contribution in [0.1, 0.15) is 25.5 Å². The molecular formula is C16H19N3O2. The summed E-state index contributed by atoms with van der Waals surface area (Å²) >= 11 is 0. The Balaban J connectivity index is 2.38. The van der Waals surface area contributed by atoms with Gasteiger partial charge in [-0.3, -0.25) is 0 Å². The molecular weight excluding hydrogens is 266 g/mol. The zero-order valence-electron chi connectivity index (χ0n) is 12.3. The summed E-state index contributed by atoms with van der Waals surface area (Å²) in [5.41, 5.74) is 2.57. The lowest BCUT2D eigenvalue weighted by atomic mass is 10.1. The molecule has 0 spiro atoms. The molecule has 5 heteroatoms. The topological polar surface area (TPSA) is 57.0 Å². The molecule has 1 heterocycles. The van der Waals surface area contributed by atoms with Gasteiger partial charge in [-0.25, -0.2) is 9.48 Å². The fourth-order valence-electron chi connectivity index (χ4n) is 1.98. The molecule has 0 aliphatic heterocycles. The minimum absolute atomic E-state index is 0.391. The van der Waals surface area contributed by atoms with E-state index in [2.05, 4.69) is 22.0 Å². The number of hydrogen-bond acceptors (Lipinski definition) is 4. The van der Waals surface area contributed by atoms with Gasteiger partial charge in [0.1, 0.15) is 5.69 Å². The van der Waals surface area contributed by atoms with Gasteiger partial charge in [0.15, 0.2) is 0 Å². The molecule has 21 heavy (non-hydrogen) atoms. The summed E-state index contributed by atoms with van der Waals surface area (Å²) in [6.07, 6.45) is 5.19. The van der Waals surface area contributed by atoms with Crippen molar-refractivity contribution in [2.45, 2.75) is 26.3 Å². The molecule has 0 radical (unpaired) electrons. The number of rotatable bonds is 6. The van der Waals surface area contributed by atoms with E-state index in [1.807, 2.05) is 35.0 Å². The number of carbonyl (C=O) groups is 1. The van der Waals surface area contributed by atoms with Crippen molar-refractivity contribution in [1.29, 1.82) is 0 Å². The molecule has 0 fully saturated rings. The van der Waals surface area contributed by atoms with E-state index in [1.165, 1.54) is 13.2 Å². The zero-order valence-corrected chi connectivity index (χ0v) is 12.3. The van der Waals surface area contributed by atoms with Gasteiger partial charge in [0.2, 0.25) is 0 Å². The van der Waals surface area contributed by atoms with Crippen LogP contribution in [0.5, 0.6) is 0 Å². The first-order valence-electron chi connectivity index (χ1n) is 7.01. The maximum absolute atomic E-state index is 11.3. The Labute approximate surface area is 124 Å². The summed E-state index contributed by atoms with van der Waals surface area (Å²) in [4.78, 5) is 11.3. The second-order valence-corrected chi connectivity index (χ2v) is 4.62. The molecule has 1 aromatic carbocycles.